The number of nitrogen functional groups attached to an aromatic ring is 1. The van der Waals surface area contributed by atoms with E-state index >= 15 is 0 Å². The first-order valence-corrected chi connectivity index (χ1v) is 8.60. The van der Waals surface area contributed by atoms with E-state index < -0.39 is 42.6 Å². The summed E-state index contributed by atoms with van der Waals surface area (Å²) in [4.78, 5) is 23.2. The fourth-order valence-corrected chi connectivity index (χ4v) is 2.89. The van der Waals surface area contributed by atoms with Crippen molar-refractivity contribution < 1.29 is 23.8 Å². The number of fused-ring (bicyclic) bond motifs is 1. The van der Waals surface area contributed by atoms with E-state index in [2.05, 4.69) is 20.9 Å². The molecule has 0 aromatic carbocycles. The number of anilines is 1. The molecular formula is C17H21FN6O4. The Labute approximate surface area is 160 Å². The molecule has 150 valence electrons. The molecule has 10 nitrogen and oxygen atoms in total. The third kappa shape index (κ3) is 3.37. The number of carbonyl (C=O) groups is 1. The molecule has 2 aromatic heterocycles. The van der Waals surface area contributed by atoms with E-state index in [0.29, 0.717) is 0 Å². The smallest absolute Gasteiger partial charge is 0.323 e. The van der Waals surface area contributed by atoms with Gasteiger partial charge in [-0.2, -0.15) is 14.4 Å². The average molecular weight is 392 g/mol. The van der Waals surface area contributed by atoms with Crippen molar-refractivity contribution in [2.24, 2.45) is 11.7 Å². The summed E-state index contributed by atoms with van der Waals surface area (Å²) >= 11 is 0. The van der Waals surface area contributed by atoms with Crippen molar-refractivity contribution in [3.63, 3.8) is 0 Å². The van der Waals surface area contributed by atoms with Crippen LogP contribution in [0.15, 0.2) is 6.33 Å². The summed E-state index contributed by atoms with van der Waals surface area (Å²) in [6, 6.07) is -0.829. The number of hydrogen-bond acceptors (Lipinski definition) is 9. The number of ether oxygens (including phenoxy) is 2. The number of terminal acetylenes is 1. The van der Waals surface area contributed by atoms with Crippen LogP contribution in [0.5, 0.6) is 0 Å². The fourth-order valence-electron chi connectivity index (χ4n) is 2.89. The SMILES string of the molecule is C#C[C@]1(COC(=O)[C@@H](N)C(C)C)O[C@@H](n2cnc3c(N)nc(F)nc32)C[C@@H]1O. The lowest BCUT2D eigenvalue weighted by atomic mass is 9.98. The van der Waals surface area contributed by atoms with Crippen molar-refractivity contribution in [1.82, 2.24) is 19.5 Å². The Hall–Kier alpha value is -2.81. The van der Waals surface area contributed by atoms with Crippen LogP contribution >= 0.6 is 0 Å². The largest absolute Gasteiger partial charge is 0.460 e. The van der Waals surface area contributed by atoms with Crippen LogP contribution in [0.25, 0.3) is 11.2 Å². The van der Waals surface area contributed by atoms with Crippen molar-refractivity contribution >= 4 is 23.0 Å². The van der Waals surface area contributed by atoms with Crippen LogP contribution < -0.4 is 11.5 Å². The van der Waals surface area contributed by atoms with Gasteiger partial charge in [-0.15, -0.1) is 6.42 Å². The number of rotatable bonds is 5. The third-order valence-corrected chi connectivity index (χ3v) is 4.70. The first kappa shape index (κ1) is 19.9. The normalized spacial score (nSPS) is 25.8. The highest BCUT2D eigenvalue weighted by atomic mass is 19.1. The number of halogens is 1. The van der Waals surface area contributed by atoms with Gasteiger partial charge in [-0.1, -0.05) is 19.8 Å². The second-order valence-electron chi connectivity index (χ2n) is 6.94. The lowest BCUT2D eigenvalue weighted by Crippen LogP contribution is -2.46. The molecule has 5 N–H and O–H groups in total. The first-order valence-electron chi connectivity index (χ1n) is 8.60. The highest BCUT2D eigenvalue weighted by Gasteiger charge is 2.49. The molecular weight excluding hydrogens is 371 g/mol. The van der Waals surface area contributed by atoms with Crippen LogP contribution in [0.1, 0.15) is 26.5 Å². The number of imidazole rings is 1. The van der Waals surface area contributed by atoms with Crippen molar-refractivity contribution in [3.05, 3.63) is 12.4 Å². The molecule has 1 aliphatic rings. The van der Waals surface area contributed by atoms with Crippen LogP contribution in [0.2, 0.25) is 0 Å². The number of carbonyl (C=O) groups excluding carboxylic acids is 1. The Balaban J connectivity index is 1.83. The van der Waals surface area contributed by atoms with Crippen molar-refractivity contribution in [1.29, 1.82) is 0 Å². The van der Waals surface area contributed by atoms with Gasteiger partial charge in [0.25, 0.3) is 0 Å². The second-order valence-corrected chi connectivity index (χ2v) is 6.94. The fraction of sp³-hybridized carbons (Fsp3) is 0.529. The predicted molar refractivity (Wildman–Crippen MR) is 95.8 cm³/mol. The summed E-state index contributed by atoms with van der Waals surface area (Å²) < 4.78 is 26.0. The van der Waals surface area contributed by atoms with Crippen LogP contribution in [0.3, 0.4) is 0 Å². The van der Waals surface area contributed by atoms with E-state index in [1.165, 1.54) is 10.9 Å². The van der Waals surface area contributed by atoms with E-state index in [0.717, 1.165) is 0 Å². The predicted octanol–water partition coefficient (Wildman–Crippen LogP) is -0.274. The summed E-state index contributed by atoms with van der Waals surface area (Å²) in [5.74, 6) is 1.45. The minimum absolute atomic E-state index is 0.0367. The minimum atomic E-state index is -1.59. The number of aromatic nitrogens is 4. The lowest BCUT2D eigenvalue weighted by molar-refractivity contribution is -0.158. The summed E-state index contributed by atoms with van der Waals surface area (Å²) in [6.07, 6.45) is 3.93. The molecule has 28 heavy (non-hydrogen) atoms. The number of aliphatic hydroxyl groups excluding tert-OH is 1. The first-order chi connectivity index (χ1) is 13.2. The zero-order valence-electron chi connectivity index (χ0n) is 15.4. The van der Waals surface area contributed by atoms with E-state index in [4.69, 9.17) is 27.4 Å². The maximum absolute atomic E-state index is 13.6. The third-order valence-electron chi connectivity index (χ3n) is 4.70. The Kier molecular flexibility index (Phi) is 5.20. The molecule has 3 heterocycles. The van der Waals surface area contributed by atoms with Gasteiger partial charge >= 0.3 is 12.0 Å². The van der Waals surface area contributed by atoms with E-state index in [-0.39, 0.29) is 29.3 Å². The molecule has 0 spiro atoms. The molecule has 1 aliphatic heterocycles. The van der Waals surface area contributed by atoms with Crippen LogP contribution in [0, 0.1) is 24.3 Å². The Morgan fingerprint density at radius 1 is 1.61 bits per heavy atom. The van der Waals surface area contributed by atoms with Gasteiger partial charge in [0.1, 0.15) is 25.0 Å². The molecule has 1 saturated heterocycles. The van der Waals surface area contributed by atoms with E-state index in [1.807, 2.05) is 0 Å². The molecule has 3 rings (SSSR count). The summed E-state index contributed by atoms with van der Waals surface area (Å²) in [6.45, 7) is 3.16. The molecule has 0 unspecified atom stereocenters. The van der Waals surface area contributed by atoms with Gasteiger partial charge < -0.3 is 26.0 Å². The van der Waals surface area contributed by atoms with E-state index in [1.54, 1.807) is 13.8 Å². The van der Waals surface area contributed by atoms with Gasteiger partial charge in [0.2, 0.25) is 0 Å². The monoisotopic (exact) mass is 392 g/mol. The molecule has 11 heteroatoms. The highest BCUT2D eigenvalue weighted by molar-refractivity contribution is 5.81. The zero-order valence-corrected chi connectivity index (χ0v) is 15.4. The molecule has 2 aromatic rings. The summed E-state index contributed by atoms with van der Waals surface area (Å²) in [5.41, 5.74) is 10.1. The van der Waals surface area contributed by atoms with Gasteiger partial charge in [-0.05, 0) is 5.92 Å². The second kappa shape index (κ2) is 7.31. The molecule has 0 saturated carbocycles. The number of aliphatic hydroxyl groups is 1. The number of nitrogens with two attached hydrogens (primary N) is 2. The van der Waals surface area contributed by atoms with Crippen molar-refractivity contribution in [2.75, 3.05) is 12.3 Å². The van der Waals surface area contributed by atoms with Crippen molar-refractivity contribution in [2.45, 2.75) is 44.2 Å². The molecule has 4 atom stereocenters. The average Bonchev–Trinajstić information content (AvgIpc) is 3.20. The molecule has 0 aliphatic carbocycles. The van der Waals surface area contributed by atoms with Crippen LogP contribution in [-0.2, 0) is 14.3 Å². The number of hydrogen-bond donors (Lipinski definition) is 3. The van der Waals surface area contributed by atoms with Gasteiger partial charge in [-0.3, -0.25) is 9.36 Å². The lowest BCUT2D eigenvalue weighted by Gasteiger charge is -2.27. The maximum Gasteiger partial charge on any atom is 0.323 e. The van der Waals surface area contributed by atoms with Gasteiger partial charge in [0, 0.05) is 6.42 Å². The number of nitrogens with zero attached hydrogens (tertiary/aromatic N) is 4. The molecule has 1 fully saturated rings. The van der Waals surface area contributed by atoms with Gasteiger partial charge in [0.05, 0.1) is 6.33 Å². The Bertz CT molecular complexity index is 942. The van der Waals surface area contributed by atoms with Crippen molar-refractivity contribution in [3.8, 4) is 12.3 Å². The van der Waals surface area contributed by atoms with E-state index in [9.17, 15) is 14.3 Å². The van der Waals surface area contributed by atoms with Crippen LogP contribution in [-0.4, -0.2) is 54.9 Å². The quantitative estimate of drug-likeness (QED) is 0.354. The molecule has 0 amide bonds. The van der Waals surface area contributed by atoms with Gasteiger partial charge in [-0.25, -0.2) is 4.98 Å². The zero-order chi connectivity index (χ0) is 20.6. The summed E-state index contributed by atoms with van der Waals surface area (Å²) in [7, 11) is 0. The Morgan fingerprint density at radius 2 is 2.32 bits per heavy atom. The molecule has 0 radical (unpaired) electrons. The van der Waals surface area contributed by atoms with Crippen LogP contribution in [0.4, 0.5) is 10.2 Å². The minimum Gasteiger partial charge on any atom is -0.460 e. The molecule has 0 bridgehead atoms. The number of esters is 1. The topological polar surface area (TPSA) is 151 Å². The van der Waals surface area contributed by atoms with Gasteiger partial charge in [0.15, 0.2) is 22.6 Å². The maximum atomic E-state index is 13.6. The standard InChI is InChI=1S/C17H21FN6O4/c1-4-17(6-27-15(26)11(19)8(2)3)9(25)5-10(28-17)24-7-21-12-13(20)22-16(18)23-14(12)24/h1,7-11,25H,5-6,19H2,2-3H3,(H2,20,22,23)/t9-,10+,11-,17+/m0/s1. The highest BCUT2D eigenvalue weighted by Crippen LogP contribution is 2.38. The Morgan fingerprint density at radius 3 is 2.96 bits per heavy atom. The summed E-state index contributed by atoms with van der Waals surface area (Å²) in [5, 5.41) is 10.5.